The van der Waals surface area contributed by atoms with Crippen molar-refractivity contribution in [2.45, 2.75) is 17.3 Å². The molecule has 1 aromatic heterocycles. The van der Waals surface area contributed by atoms with Gasteiger partial charge in [0.25, 0.3) is 0 Å². The van der Waals surface area contributed by atoms with Crippen LogP contribution >= 0.6 is 27.7 Å². The Morgan fingerprint density at radius 2 is 2.00 bits per heavy atom. The van der Waals surface area contributed by atoms with Crippen molar-refractivity contribution in [3.63, 3.8) is 0 Å². The molecule has 94 valence electrons. The number of thioether (sulfide) groups is 1. The molecule has 1 atom stereocenters. The first-order valence-corrected chi connectivity index (χ1v) is 7.28. The predicted molar refractivity (Wildman–Crippen MR) is 78.6 cm³/mol. The second-order valence-electron chi connectivity index (χ2n) is 3.87. The minimum absolute atomic E-state index is 0.180. The van der Waals surface area contributed by atoms with Gasteiger partial charge in [0.05, 0.1) is 0 Å². The van der Waals surface area contributed by atoms with Crippen molar-refractivity contribution in [1.82, 2.24) is 9.97 Å². The molecule has 0 aliphatic rings. The zero-order valence-electron chi connectivity index (χ0n) is 10.0. The summed E-state index contributed by atoms with van der Waals surface area (Å²) in [5.41, 5.74) is 8.00. The summed E-state index contributed by atoms with van der Waals surface area (Å²) >= 11 is 5.03. The van der Waals surface area contributed by atoms with Gasteiger partial charge in [-0.25, -0.2) is 9.97 Å². The summed E-state index contributed by atoms with van der Waals surface area (Å²) in [6.07, 6.45) is 1.78. The van der Waals surface area contributed by atoms with Gasteiger partial charge in [-0.3, -0.25) is 0 Å². The summed E-state index contributed by atoms with van der Waals surface area (Å²) in [6, 6.07) is 10.1. The Kier molecular flexibility index (Phi) is 4.74. The normalized spacial score (nSPS) is 12.4. The third-order valence-corrected chi connectivity index (χ3v) is 4.16. The average Bonchev–Trinajstić information content (AvgIpc) is 2.37. The molecule has 0 aliphatic carbocycles. The molecule has 1 unspecified atom stereocenters. The number of aromatic nitrogens is 2. The quantitative estimate of drug-likeness (QED) is 0.692. The Hall–Kier alpha value is -0.910. The second kappa shape index (κ2) is 6.31. The molecule has 0 bridgehead atoms. The van der Waals surface area contributed by atoms with Gasteiger partial charge in [-0.15, -0.1) is 0 Å². The molecule has 0 amide bonds. The van der Waals surface area contributed by atoms with Gasteiger partial charge in [-0.1, -0.05) is 39.8 Å². The van der Waals surface area contributed by atoms with Crippen molar-refractivity contribution < 1.29 is 0 Å². The maximum absolute atomic E-state index is 5.84. The van der Waals surface area contributed by atoms with Crippen LogP contribution in [0, 0.1) is 6.92 Å². The molecule has 1 aromatic carbocycles. The summed E-state index contributed by atoms with van der Waals surface area (Å²) in [6.45, 7) is 2.52. The first kappa shape index (κ1) is 13.5. The van der Waals surface area contributed by atoms with Crippen LogP contribution in [0.3, 0.4) is 0 Å². The summed E-state index contributed by atoms with van der Waals surface area (Å²) in [5, 5.41) is 0.952. The molecule has 18 heavy (non-hydrogen) atoms. The first-order valence-electron chi connectivity index (χ1n) is 5.61. The van der Waals surface area contributed by atoms with Crippen molar-refractivity contribution in [1.29, 1.82) is 0 Å². The molecule has 2 N–H and O–H groups in total. The molecule has 0 saturated heterocycles. The number of rotatable bonds is 4. The summed E-state index contributed by atoms with van der Waals surface area (Å²) in [7, 11) is 0. The van der Waals surface area contributed by atoms with Crippen LogP contribution in [0.15, 0.2) is 46.2 Å². The van der Waals surface area contributed by atoms with Crippen LogP contribution in [0.5, 0.6) is 0 Å². The summed E-state index contributed by atoms with van der Waals surface area (Å²) < 4.78 is 1.07. The van der Waals surface area contributed by atoms with E-state index >= 15 is 0 Å². The summed E-state index contributed by atoms with van der Waals surface area (Å²) in [4.78, 5) is 8.65. The molecule has 5 heteroatoms. The molecule has 0 aliphatic heterocycles. The van der Waals surface area contributed by atoms with Gasteiger partial charge in [0.15, 0.2) is 5.16 Å². The van der Waals surface area contributed by atoms with E-state index in [2.05, 4.69) is 38.0 Å². The fraction of sp³-hybridized carbons (Fsp3) is 0.231. The topological polar surface area (TPSA) is 51.8 Å². The van der Waals surface area contributed by atoms with E-state index < -0.39 is 0 Å². The zero-order chi connectivity index (χ0) is 13.0. The monoisotopic (exact) mass is 323 g/mol. The van der Waals surface area contributed by atoms with Gasteiger partial charge < -0.3 is 5.73 Å². The highest BCUT2D eigenvalue weighted by Gasteiger charge is 2.13. The molecular weight excluding hydrogens is 310 g/mol. The van der Waals surface area contributed by atoms with Crippen molar-refractivity contribution in [2.24, 2.45) is 5.73 Å². The molecular formula is C13H14BrN3S. The number of halogens is 1. The molecule has 2 rings (SSSR count). The number of nitrogens with two attached hydrogens (primary N) is 1. The van der Waals surface area contributed by atoms with E-state index in [0.717, 1.165) is 15.3 Å². The SMILES string of the molecule is Cc1ccnc(SC(CN)c2ccc(Br)cc2)n1. The highest BCUT2D eigenvalue weighted by atomic mass is 79.9. The second-order valence-corrected chi connectivity index (χ2v) is 5.96. The van der Waals surface area contributed by atoms with Crippen molar-refractivity contribution >= 4 is 27.7 Å². The van der Waals surface area contributed by atoms with Gasteiger partial charge in [-0.2, -0.15) is 0 Å². The maximum atomic E-state index is 5.84. The molecule has 1 heterocycles. The van der Waals surface area contributed by atoms with E-state index in [9.17, 15) is 0 Å². The van der Waals surface area contributed by atoms with Crippen LogP contribution in [-0.2, 0) is 0 Å². The first-order chi connectivity index (χ1) is 8.69. The molecule has 0 radical (unpaired) electrons. The average molecular weight is 324 g/mol. The summed E-state index contributed by atoms with van der Waals surface area (Å²) in [5.74, 6) is 0. The lowest BCUT2D eigenvalue weighted by Gasteiger charge is -2.13. The largest absolute Gasteiger partial charge is 0.329 e. The van der Waals surface area contributed by atoms with Crippen LogP contribution < -0.4 is 5.73 Å². The highest BCUT2D eigenvalue weighted by Crippen LogP contribution is 2.32. The number of benzene rings is 1. The van der Waals surface area contributed by atoms with Crippen LogP contribution in [0.1, 0.15) is 16.5 Å². The molecule has 2 aromatic rings. The molecule has 0 spiro atoms. The van der Waals surface area contributed by atoms with E-state index in [0.29, 0.717) is 6.54 Å². The third kappa shape index (κ3) is 3.54. The van der Waals surface area contributed by atoms with E-state index in [1.54, 1.807) is 18.0 Å². The standard InChI is InChI=1S/C13H14BrN3S/c1-9-6-7-16-13(17-9)18-12(8-15)10-2-4-11(14)5-3-10/h2-7,12H,8,15H2,1H3. The fourth-order valence-electron chi connectivity index (χ4n) is 1.54. The lowest BCUT2D eigenvalue weighted by Crippen LogP contribution is -2.10. The van der Waals surface area contributed by atoms with Gasteiger partial charge in [0, 0.05) is 28.2 Å². The molecule has 0 saturated carbocycles. The third-order valence-electron chi connectivity index (χ3n) is 2.48. The lowest BCUT2D eigenvalue weighted by molar-refractivity contribution is 0.895. The van der Waals surface area contributed by atoms with Gasteiger partial charge in [0.1, 0.15) is 0 Å². The zero-order valence-corrected chi connectivity index (χ0v) is 12.4. The van der Waals surface area contributed by atoms with Crippen LogP contribution in [0.2, 0.25) is 0 Å². The molecule has 0 fully saturated rings. The lowest BCUT2D eigenvalue weighted by atomic mass is 10.1. The van der Waals surface area contributed by atoms with Crippen molar-refractivity contribution in [3.8, 4) is 0 Å². The van der Waals surface area contributed by atoms with Crippen molar-refractivity contribution in [3.05, 3.63) is 52.3 Å². The van der Waals surface area contributed by atoms with E-state index in [-0.39, 0.29) is 5.25 Å². The number of nitrogens with zero attached hydrogens (tertiary/aromatic N) is 2. The minimum Gasteiger partial charge on any atom is -0.329 e. The smallest absolute Gasteiger partial charge is 0.188 e. The van der Waals surface area contributed by atoms with Crippen LogP contribution in [0.25, 0.3) is 0 Å². The Morgan fingerprint density at radius 3 is 2.61 bits per heavy atom. The van der Waals surface area contributed by atoms with Crippen LogP contribution in [-0.4, -0.2) is 16.5 Å². The predicted octanol–water partition coefficient (Wildman–Crippen LogP) is 3.34. The maximum Gasteiger partial charge on any atom is 0.188 e. The van der Waals surface area contributed by atoms with Crippen molar-refractivity contribution in [2.75, 3.05) is 6.54 Å². The number of hydrogen-bond acceptors (Lipinski definition) is 4. The minimum atomic E-state index is 0.180. The molecule has 3 nitrogen and oxygen atoms in total. The van der Waals surface area contributed by atoms with Crippen LogP contribution in [0.4, 0.5) is 0 Å². The van der Waals surface area contributed by atoms with E-state index in [4.69, 9.17) is 5.73 Å². The van der Waals surface area contributed by atoms with Gasteiger partial charge in [0.2, 0.25) is 0 Å². The Morgan fingerprint density at radius 1 is 1.28 bits per heavy atom. The number of hydrogen-bond donors (Lipinski definition) is 1. The number of aryl methyl sites for hydroxylation is 1. The van der Waals surface area contributed by atoms with Gasteiger partial charge >= 0.3 is 0 Å². The highest BCUT2D eigenvalue weighted by molar-refractivity contribution is 9.10. The Labute approximate surface area is 119 Å². The fourth-order valence-corrected chi connectivity index (χ4v) is 2.77. The van der Waals surface area contributed by atoms with Gasteiger partial charge in [-0.05, 0) is 30.7 Å². The Balaban J connectivity index is 2.17. The van der Waals surface area contributed by atoms with E-state index in [1.165, 1.54) is 5.56 Å². The van der Waals surface area contributed by atoms with E-state index in [1.807, 2.05) is 25.1 Å². The Bertz CT molecular complexity index is 516.